The van der Waals surface area contributed by atoms with Gasteiger partial charge in [-0.05, 0) is 41.4 Å². The maximum atomic E-state index is 11.8. The van der Waals surface area contributed by atoms with Gasteiger partial charge in [0.25, 0.3) is 5.91 Å². The van der Waals surface area contributed by atoms with Crippen LogP contribution in [0.1, 0.15) is 28.8 Å². The molecule has 0 unspecified atom stereocenters. The van der Waals surface area contributed by atoms with E-state index in [1.54, 1.807) is 0 Å². The third-order valence-electron chi connectivity index (χ3n) is 2.25. The molecule has 0 saturated carbocycles. The Bertz CT molecular complexity index is 433. The van der Waals surface area contributed by atoms with Crippen LogP contribution >= 0.6 is 15.9 Å². The molecular formula is C12H15BrN2O2. The van der Waals surface area contributed by atoms with E-state index in [1.807, 2.05) is 25.1 Å². The van der Waals surface area contributed by atoms with Crippen LogP contribution in [0, 0.1) is 6.92 Å². The van der Waals surface area contributed by atoms with Crippen molar-refractivity contribution in [1.82, 2.24) is 5.32 Å². The molecule has 0 heterocycles. The van der Waals surface area contributed by atoms with Crippen LogP contribution in [0.25, 0.3) is 0 Å². The van der Waals surface area contributed by atoms with Gasteiger partial charge in [-0.2, -0.15) is 0 Å². The number of benzene rings is 1. The van der Waals surface area contributed by atoms with E-state index < -0.39 is 0 Å². The molecule has 3 N–H and O–H groups in total. The Labute approximate surface area is 109 Å². The predicted molar refractivity (Wildman–Crippen MR) is 69.6 cm³/mol. The van der Waals surface area contributed by atoms with E-state index in [0.717, 1.165) is 10.0 Å². The summed E-state index contributed by atoms with van der Waals surface area (Å²) < 4.78 is 0.760. The Morgan fingerprint density at radius 3 is 2.76 bits per heavy atom. The standard InChI is InChI=1S/C12H15BrN2O2/c1-8-4-5-10(13)9(7-8)12(17)15-6-2-3-11(14)16/h4-5,7H,2-3,6H2,1H3,(H2,14,16)(H,15,17). The molecule has 0 bridgehead atoms. The van der Waals surface area contributed by atoms with Crippen molar-refractivity contribution in [3.8, 4) is 0 Å². The van der Waals surface area contributed by atoms with E-state index in [4.69, 9.17) is 5.73 Å². The number of hydrogen-bond donors (Lipinski definition) is 2. The molecule has 1 aromatic carbocycles. The highest BCUT2D eigenvalue weighted by Crippen LogP contribution is 2.17. The normalized spacial score (nSPS) is 10.0. The summed E-state index contributed by atoms with van der Waals surface area (Å²) >= 11 is 3.33. The van der Waals surface area contributed by atoms with Crippen molar-refractivity contribution in [2.75, 3.05) is 6.54 Å². The third kappa shape index (κ3) is 4.56. The monoisotopic (exact) mass is 298 g/mol. The van der Waals surface area contributed by atoms with Crippen LogP contribution in [-0.2, 0) is 4.79 Å². The zero-order valence-corrected chi connectivity index (χ0v) is 11.2. The maximum absolute atomic E-state index is 11.8. The largest absolute Gasteiger partial charge is 0.370 e. The molecule has 1 rings (SSSR count). The molecule has 5 heteroatoms. The van der Waals surface area contributed by atoms with Gasteiger partial charge < -0.3 is 11.1 Å². The van der Waals surface area contributed by atoms with Crippen molar-refractivity contribution in [3.63, 3.8) is 0 Å². The first-order valence-electron chi connectivity index (χ1n) is 5.33. The minimum atomic E-state index is -0.351. The predicted octanol–water partition coefficient (Wildman–Crippen LogP) is 1.75. The second-order valence-electron chi connectivity index (χ2n) is 3.81. The number of rotatable bonds is 5. The van der Waals surface area contributed by atoms with E-state index in [0.29, 0.717) is 18.5 Å². The first kappa shape index (κ1) is 13.7. The Morgan fingerprint density at radius 1 is 1.41 bits per heavy atom. The number of hydrogen-bond acceptors (Lipinski definition) is 2. The molecule has 17 heavy (non-hydrogen) atoms. The average molecular weight is 299 g/mol. The van der Waals surface area contributed by atoms with Crippen molar-refractivity contribution in [3.05, 3.63) is 33.8 Å². The van der Waals surface area contributed by atoms with E-state index in [-0.39, 0.29) is 18.2 Å². The molecule has 0 aliphatic heterocycles. The van der Waals surface area contributed by atoms with E-state index in [1.165, 1.54) is 0 Å². The molecule has 0 saturated heterocycles. The van der Waals surface area contributed by atoms with Crippen molar-refractivity contribution in [1.29, 1.82) is 0 Å². The molecule has 4 nitrogen and oxygen atoms in total. The quantitative estimate of drug-likeness (QED) is 0.813. The Kier molecular flexibility index (Phi) is 5.15. The van der Waals surface area contributed by atoms with E-state index >= 15 is 0 Å². The van der Waals surface area contributed by atoms with Crippen LogP contribution in [0.5, 0.6) is 0 Å². The number of nitrogens with one attached hydrogen (secondary N) is 1. The topological polar surface area (TPSA) is 72.2 Å². The van der Waals surface area contributed by atoms with E-state index in [9.17, 15) is 9.59 Å². The fourth-order valence-electron chi connectivity index (χ4n) is 1.37. The molecule has 0 atom stereocenters. The number of carbonyl (C=O) groups is 2. The Morgan fingerprint density at radius 2 is 2.12 bits per heavy atom. The van der Waals surface area contributed by atoms with Gasteiger partial charge in [-0.25, -0.2) is 0 Å². The van der Waals surface area contributed by atoms with Crippen LogP contribution in [0.15, 0.2) is 22.7 Å². The van der Waals surface area contributed by atoms with Crippen LogP contribution in [0.2, 0.25) is 0 Å². The number of carbonyl (C=O) groups excluding carboxylic acids is 2. The minimum absolute atomic E-state index is 0.148. The lowest BCUT2D eigenvalue weighted by Gasteiger charge is -2.07. The van der Waals surface area contributed by atoms with Crippen LogP contribution in [0.4, 0.5) is 0 Å². The van der Waals surface area contributed by atoms with Crippen molar-refractivity contribution in [2.24, 2.45) is 5.73 Å². The van der Waals surface area contributed by atoms with Crippen molar-refractivity contribution < 1.29 is 9.59 Å². The minimum Gasteiger partial charge on any atom is -0.370 e. The second kappa shape index (κ2) is 6.39. The maximum Gasteiger partial charge on any atom is 0.252 e. The first-order chi connectivity index (χ1) is 8.00. The average Bonchev–Trinajstić information content (AvgIpc) is 2.27. The zero-order chi connectivity index (χ0) is 12.8. The highest BCUT2D eigenvalue weighted by atomic mass is 79.9. The lowest BCUT2D eigenvalue weighted by atomic mass is 10.1. The Balaban J connectivity index is 2.52. The molecule has 0 aliphatic carbocycles. The van der Waals surface area contributed by atoms with Gasteiger partial charge in [-0.3, -0.25) is 9.59 Å². The van der Waals surface area contributed by atoms with Gasteiger partial charge in [0.15, 0.2) is 0 Å². The summed E-state index contributed by atoms with van der Waals surface area (Å²) in [6, 6.07) is 5.58. The fraction of sp³-hybridized carbons (Fsp3) is 0.333. The SMILES string of the molecule is Cc1ccc(Br)c(C(=O)NCCCC(N)=O)c1. The van der Waals surface area contributed by atoms with Gasteiger partial charge in [0.2, 0.25) is 5.91 Å². The van der Waals surface area contributed by atoms with Gasteiger partial charge in [-0.15, -0.1) is 0 Å². The lowest BCUT2D eigenvalue weighted by molar-refractivity contribution is -0.118. The summed E-state index contributed by atoms with van der Waals surface area (Å²) in [5.74, 6) is -0.499. The van der Waals surface area contributed by atoms with E-state index in [2.05, 4.69) is 21.2 Å². The molecule has 92 valence electrons. The number of primary amides is 1. The van der Waals surface area contributed by atoms with Gasteiger partial charge in [0, 0.05) is 17.4 Å². The molecule has 0 aliphatic rings. The zero-order valence-electron chi connectivity index (χ0n) is 9.63. The summed E-state index contributed by atoms with van der Waals surface area (Å²) in [5.41, 5.74) is 6.63. The Hall–Kier alpha value is -1.36. The van der Waals surface area contributed by atoms with Crippen LogP contribution < -0.4 is 11.1 Å². The molecule has 0 spiro atoms. The second-order valence-corrected chi connectivity index (χ2v) is 4.66. The van der Waals surface area contributed by atoms with Gasteiger partial charge >= 0.3 is 0 Å². The molecule has 2 amide bonds. The number of aryl methyl sites for hydroxylation is 1. The molecule has 0 radical (unpaired) electrons. The summed E-state index contributed by atoms with van der Waals surface area (Å²) in [6.45, 7) is 2.37. The highest BCUT2D eigenvalue weighted by Gasteiger charge is 2.09. The summed E-state index contributed by atoms with van der Waals surface area (Å²) in [6.07, 6.45) is 0.847. The molecule has 0 fully saturated rings. The third-order valence-corrected chi connectivity index (χ3v) is 2.94. The summed E-state index contributed by atoms with van der Waals surface area (Å²) in [5, 5.41) is 2.75. The number of amides is 2. The van der Waals surface area contributed by atoms with Gasteiger partial charge in [0.1, 0.15) is 0 Å². The lowest BCUT2D eigenvalue weighted by Crippen LogP contribution is -2.26. The van der Waals surface area contributed by atoms with Gasteiger partial charge in [-0.1, -0.05) is 11.6 Å². The summed E-state index contributed by atoms with van der Waals surface area (Å²) in [4.78, 5) is 22.3. The fourth-order valence-corrected chi connectivity index (χ4v) is 1.80. The molecule has 0 aromatic heterocycles. The van der Waals surface area contributed by atoms with Crippen LogP contribution in [0.3, 0.4) is 0 Å². The van der Waals surface area contributed by atoms with Crippen LogP contribution in [-0.4, -0.2) is 18.4 Å². The molecular weight excluding hydrogens is 284 g/mol. The first-order valence-corrected chi connectivity index (χ1v) is 6.12. The number of nitrogens with two attached hydrogens (primary N) is 1. The highest BCUT2D eigenvalue weighted by molar-refractivity contribution is 9.10. The molecule has 1 aromatic rings. The summed E-state index contributed by atoms with van der Waals surface area (Å²) in [7, 11) is 0. The smallest absolute Gasteiger partial charge is 0.252 e. The van der Waals surface area contributed by atoms with Crippen molar-refractivity contribution in [2.45, 2.75) is 19.8 Å². The van der Waals surface area contributed by atoms with Crippen molar-refractivity contribution >= 4 is 27.7 Å². The van der Waals surface area contributed by atoms with Gasteiger partial charge in [0.05, 0.1) is 5.56 Å². The number of halogens is 1.